The number of aliphatic hydroxyl groups is 1. The lowest BCUT2D eigenvalue weighted by molar-refractivity contribution is 0.0614. The van der Waals surface area contributed by atoms with Crippen LogP contribution in [0.3, 0.4) is 0 Å². The van der Waals surface area contributed by atoms with Gasteiger partial charge in [0, 0.05) is 38.3 Å². The van der Waals surface area contributed by atoms with Crippen LogP contribution in [0.1, 0.15) is 15.9 Å². The summed E-state index contributed by atoms with van der Waals surface area (Å²) < 4.78 is 1.71. The molecule has 1 aromatic carbocycles. The second-order valence-corrected chi connectivity index (χ2v) is 5.61. The molecule has 0 atom stereocenters. The van der Waals surface area contributed by atoms with Gasteiger partial charge in [0.25, 0.3) is 5.91 Å². The summed E-state index contributed by atoms with van der Waals surface area (Å²) in [5, 5.41) is 13.1. The number of aromatic nitrogens is 3. The SMILES string of the molecule is O=C(c1ccccc1Cn1cncn1)N1CCN(CCO)CC1. The molecule has 1 fully saturated rings. The Morgan fingerprint density at radius 1 is 1.17 bits per heavy atom. The first-order valence-electron chi connectivity index (χ1n) is 7.81. The van der Waals surface area contributed by atoms with Crippen LogP contribution >= 0.6 is 0 Å². The molecule has 2 aromatic rings. The largest absolute Gasteiger partial charge is 0.395 e. The zero-order valence-corrected chi connectivity index (χ0v) is 13.0. The Morgan fingerprint density at radius 2 is 1.96 bits per heavy atom. The van der Waals surface area contributed by atoms with Gasteiger partial charge in [0.2, 0.25) is 0 Å². The molecule has 7 nitrogen and oxygen atoms in total. The number of aliphatic hydroxyl groups excluding tert-OH is 1. The van der Waals surface area contributed by atoms with Crippen LogP contribution in [-0.4, -0.2) is 74.9 Å². The van der Waals surface area contributed by atoms with E-state index in [4.69, 9.17) is 5.11 Å². The second kappa shape index (κ2) is 7.34. The molecule has 2 heterocycles. The molecule has 0 bridgehead atoms. The van der Waals surface area contributed by atoms with E-state index in [9.17, 15) is 4.79 Å². The number of benzene rings is 1. The van der Waals surface area contributed by atoms with Crippen LogP contribution in [0.2, 0.25) is 0 Å². The normalized spacial score (nSPS) is 15.8. The highest BCUT2D eigenvalue weighted by Gasteiger charge is 2.23. The Bertz CT molecular complexity index is 636. The van der Waals surface area contributed by atoms with Gasteiger partial charge in [0.15, 0.2) is 0 Å². The summed E-state index contributed by atoms with van der Waals surface area (Å²) in [6.07, 6.45) is 3.14. The van der Waals surface area contributed by atoms with Gasteiger partial charge in [-0.05, 0) is 11.6 Å². The number of carbonyl (C=O) groups excluding carboxylic acids is 1. The maximum atomic E-state index is 12.8. The number of rotatable bonds is 5. The first kappa shape index (κ1) is 15.6. The minimum atomic E-state index is 0.0596. The van der Waals surface area contributed by atoms with E-state index in [2.05, 4.69) is 15.0 Å². The molecular formula is C16H21N5O2. The van der Waals surface area contributed by atoms with Crippen molar-refractivity contribution in [1.29, 1.82) is 0 Å². The fourth-order valence-electron chi connectivity index (χ4n) is 2.84. The predicted molar refractivity (Wildman–Crippen MR) is 85.0 cm³/mol. The van der Waals surface area contributed by atoms with Crippen LogP contribution in [0.15, 0.2) is 36.9 Å². The zero-order valence-electron chi connectivity index (χ0n) is 13.0. The van der Waals surface area contributed by atoms with Crippen molar-refractivity contribution in [3.8, 4) is 0 Å². The first-order chi connectivity index (χ1) is 11.3. The van der Waals surface area contributed by atoms with Gasteiger partial charge in [-0.2, -0.15) is 5.10 Å². The Kier molecular flexibility index (Phi) is 4.99. The number of piperazine rings is 1. The van der Waals surface area contributed by atoms with Crippen LogP contribution in [-0.2, 0) is 6.54 Å². The van der Waals surface area contributed by atoms with Crippen molar-refractivity contribution in [3.05, 3.63) is 48.0 Å². The van der Waals surface area contributed by atoms with E-state index in [1.54, 1.807) is 11.0 Å². The van der Waals surface area contributed by atoms with Gasteiger partial charge in [0.1, 0.15) is 12.7 Å². The Morgan fingerprint density at radius 3 is 2.65 bits per heavy atom. The van der Waals surface area contributed by atoms with Gasteiger partial charge < -0.3 is 10.0 Å². The van der Waals surface area contributed by atoms with Gasteiger partial charge in [-0.1, -0.05) is 18.2 Å². The molecule has 1 aliphatic heterocycles. The van der Waals surface area contributed by atoms with Gasteiger partial charge in [0.05, 0.1) is 13.2 Å². The van der Waals surface area contributed by atoms with Crippen molar-refractivity contribution < 1.29 is 9.90 Å². The summed E-state index contributed by atoms with van der Waals surface area (Å²) in [4.78, 5) is 20.8. The quantitative estimate of drug-likeness (QED) is 0.845. The standard InChI is InChI=1S/C16H21N5O2/c22-10-9-19-5-7-20(8-6-19)16(23)15-4-2-1-3-14(15)11-21-13-17-12-18-21/h1-4,12-13,22H,5-11H2. The van der Waals surface area contributed by atoms with Crippen LogP contribution in [0.5, 0.6) is 0 Å². The second-order valence-electron chi connectivity index (χ2n) is 5.61. The summed E-state index contributed by atoms with van der Waals surface area (Å²) >= 11 is 0. The monoisotopic (exact) mass is 315 g/mol. The highest BCUT2D eigenvalue weighted by atomic mass is 16.3. The molecule has 1 N–H and O–H groups in total. The van der Waals surface area contributed by atoms with Crippen molar-refractivity contribution in [2.45, 2.75) is 6.54 Å². The average Bonchev–Trinajstić information content (AvgIpc) is 3.09. The summed E-state index contributed by atoms with van der Waals surface area (Å²) in [5.74, 6) is 0.0596. The maximum Gasteiger partial charge on any atom is 0.254 e. The topological polar surface area (TPSA) is 74.5 Å². The molecule has 7 heteroatoms. The predicted octanol–water partition coefficient (Wildman–Crippen LogP) is 0.0765. The van der Waals surface area contributed by atoms with Crippen molar-refractivity contribution in [3.63, 3.8) is 0 Å². The van der Waals surface area contributed by atoms with E-state index in [0.29, 0.717) is 26.2 Å². The van der Waals surface area contributed by atoms with Crippen molar-refractivity contribution >= 4 is 5.91 Å². The third kappa shape index (κ3) is 3.75. The van der Waals surface area contributed by atoms with Crippen molar-refractivity contribution in [2.75, 3.05) is 39.3 Å². The Balaban J connectivity index is 1.70. The van der Waals surface area contributed by atoms with E-state index in [0.717, 1.165) is 24.2 Å². The molecule has 0 spiro atoms. The Hall–Kier alpha value is -2.25. The van der Waals surface area contributed by atoms with E-state index in [1.807, 2.05) is 29.2 Å². The van der Waals surface area contributed by atoms with Gasteiger partial charge in [-0.3, -0.25) is 9.69 Å². The molecule has 1 amide bonds. The molecule has 1 aliphatic rings. The lowest BCUT2D eigenvalue weighted by Crippen LogP contribution is -2.49. The number of nitrogens with zero attached hydrogens (tertiary/aromatic N) is 5. The van der Waals surface area contributed by atoms with E-state index in [-0.39, 0.29) is 12.5 Å². The fourth-order valence-corrected chi connectivity index (χ4v) is 2.84. The average molecular weight is 315 g/mol. The molecule has 0 saturated carbocycles. The van der Waals surface area contributed by atoms with E-state index in [1.165, 1.54) is 6.33 Å². The summed E-state index contributed by atoms with van der Waals surface area (Å²) in [7, 11) is 0. The Labute approximate surface area is 135 Å². The minimum absolute atomic E-state index is 0.0596. The van der Waals surface area contributed by atoms with Crippen LogP contribution in [0.4, 0.5) is 0 Å². The summed E-state index contributed by atoms with van der Waals surface area (Å²) in [6, 6.07) is 7.65. The van der Waals surface area contributed by atoms with Gasteiger partial charge in [-0.25, -0.2) is 9.67 Å². The number of β-amino-alcohol motifs (C(OH)–C–C–N with tert-alkyl or cyclic N) is 1. The molecule has 1 saturated heterocycles. The molecule has 23 heavy (non-hydrogen) atoms. The lowest BCUT2D eigenvalue weighted by Gasteiger charge is -2.34. The van der Waals surface area contributed by atoms with Crippen molar-refractivity contribution in [2.24, 2.45) is 0 Å². The summed E-state index contributed by atoms with van der Waals surface area (Å²) in [5.41, 5.74) is 1.67. The fraction of sp³-hybridized carbons (Fsp3) is 0.438. The number of hydrogen-bond donors (Lipinski definition) is 1. The first-order valence-corrected chi connectivity index (χ1v) is 7.81. The van der Waals surface area contributed by atoms with E-state index < -0.39 is 0 Å². The molecule has 1 aromatic heterocycles. The van der Waals surface area contributed by atoms with Crippen molar-refractivity contribution in [1.82, 2.24) is 24.6 Å². The molecule has 0 aliphatic carbocycles. The van der Waals surface area contributed by atoms with Crippen LogP contribution in [0, 0.1) is 0 Å². The smallest absolute Gasteiger partial charge is 0.254 e. The highest BCUT2D eigenvalue weighted by molar-refractivity contribution is 5.95. The zero-order chi connectivity index (χ0) is 16.1. The number of amides is 1. The van der Waals surface area contributed by atoms with E-state index >= 15 is 0 Å². The third-order valence-corrected chi connectivity index (χ3v) is 4.12. The maximum absolute atomic E-state index is 12.8. The molecule has 0 unspecified atom stereocenters. The molecular weight excluding hydrogens is 294 g/mol. The molecule has 0 radical (unpaired) electrons. The lowest BCUT2D eigenvalue weighted by atomic mass is 10.1. The van der Waals surface area contributed by atoms with Crippen LogP contribution < -0.4 is 0 Å². The third-order valence-electron chi connectivity index (χ3n) is 4.12. The molecule has 122 valence electrons. The minimum Gasteiger partial charge on any atom is -0.395 e. The summed E-state index contributed by atoms with van der Waals surface area (Å²) in [6.45, 7) is 4.36. The number of hydrogen-bond acceptors (Lipinski definition) is 5. The number of carbonyl (C=O) groups is 1. The molecule has 3 rings (SSSR count). The van der Waals surface area contributed by atoms with Gasteiger partial charge >= 0.3 is 0 Å². The van der Waals surface area contributed by atoms with Crippen LogP contribution in [0.25, 0.3) is 0 Å². The van der Waals surface area contributed by atoms with Gasteiger partial charge in [-0.15, -0.1) is 0 Å². The highest BCUT2D eigenvalue weighted by Crippen LogP contribution is 2.14.